The third-order valence-electron chi connectivity index (χ3n) is 6.21. The van der Waals surface area contributed by atoms with Crippen LogP contribution < -0.4 is 15.0 Å². The lowest BCUT2D eigenvalue weighted by molar-refractivity contribution is -0.122. The normalized spacial score (nSPS) is 15.2. The fourth-order valence-corrected chi connectivity index (χ4v) is 4.14. The molecule has 1 fully saturated rings. The summed E-state index contributed by atoms with van der Waals surface area (Å²) >= 11 is 0. The molecule has 1 aliphatic heterocycles. The van der Waals surface area contributed by atoms with Crippen molar-refractivity contribution in [1.29, 1.82) is 0 Å². The van der Waals surface area contributed by atoms with Gasteiger partial charge in [0.1, 0.15) is 23.7 Å². The average Bonchev–Trinajstić information content (AvgIpc) is 3.42. The molecular weight excluding hydrogens is 456 g/mol. The lowest BCUT2D eigenvalue weighted by Crippen LogP contribution is -2.28. The number of carbonyl (C=O) groups excluding carboxylic acids is 2. The number of imidazole rings is 1. The highest BCUT2D eigenvalue weighted by Crippen LogP contribution is 2.27. The standard InChI is InChI=1S/C27H26N6O3/c1-17-18(2)33(16-28-17)24-14-25(30-19(3)29-24)36-23-11-9-21(10-12-23)31-27(35)20-13-26(34)32(15-20)22-7-5-4-6-8-22/h4-12,14,16,20H,13,15H2,1-3H3,(H,31,35). The van der Waals surface area contributed by atoms with E-state index < -0.39 is 5.92 Å². The van der Waals surface area contributed by atoms with E-state index in [1.54, 1.807) is 48.5 Å². The first-order valence-corrected chi connectivity index (χ1v) is 11.7. The quantitative estimate of drug-likeness (QED) is 0.438. The first kappa shape index (κ1) is 23.2. The summed E-state index contributed by atoms with van der Waals surface area (Å²) in [5, 5.41) is 2.91. The highest BCUT2D eigenvalue weighted by Gasteiger charge is 2.35. The maximum absolute atomic E-state index is 12.8. The molecule has 1 unspecified atom stereocenters. The molecule has 2 amide bonds. The average molecular weight is 483 g/mol. The second-order valence-electron chi connectivity index (χ2n) is 8.75. The van der Waals surface area contributed by atoms with E-state index in [9.17, 15) is 9.59 Å². The Labute approximate surface area is 208 Å². The molecule has 9 nitrogen and oxygen atoms in total. The van der Waals surface area contributed by atoms with Gasteiger partial charge in [-0.05, 0) is 57.2 Å². The molecule has 2 aromatic carbocycles. The predicted octanol–water partition coefficient (Wildman–Crippen LogP) is 4.37. The number of para-hydroxylation sites is 1. The van der Waals surface area contributed by atoms with Crippen LogP contribution in [0.2, 0.25) is 0 Å². The minimum atomic E-state index is -0.411. The number of anilines is 2. The third kappa shape index (κ3) is 4.81. The summed E-state index contributed by atoms with van der Waals surface area (Å²) in [4.78, 5) is 40.1. The molecule has 0 bridgehead atoms. The Morgan fingerprint density at radius 1 is 1.03 bits per heavy atom. The van der Waals surface area contributed by atoms with Gasteiger partial charge in [-0.15, -0.1) is 0 Å². The number of hydrogen-bond donors (Lipinski definition) is 1. The molecule has 1 saturated heterocycles. The number of rotatable bonds is 6. The molecule has 0 radical (unpaired) electrons. The number of benzene rings is 2. The van der Waals surface area contributed by atoms with Crippen LogP contribution in [0.4, 0.5) is 11.4 Å². The van der Waals surface area contributed by atoms with Crippen molar-refractivity contribution in [2.45, 2.75) is 27.2 Å². The maximum atomic E-state index is 12.8. The van der Waals surface area contributed by atoms with E-state index >= 15 is 0 Å². The van der Waals surface area contributed by atoms with E-state index in [0.717, 1.165) is 17.1 Å². The van der Waals surface area contributed by atoms with Crippen LogP contribution in [-0.4, -0.2) is 37.9 Å². The Kier molecular flexibility index (Phi) is 6.20. The number of carbonyl (C=O) groups is 2. The monoisotopic (exact) mass is 482 g/mol. The molecule has 1 N–H and O–H groups in total. The van der Waals surface area contributed by atoms with Crippen LogP contribution in [0.1, 0.15) is 23.6 Å². The SMILES string of the molecule is Cc1nc(Oc2ccc(NC(=O)C3CC(=O)N(c4ccccc4)C3)cc2)cc(-n2cnc(C)c2C)n1. The highest BCUT2D eigenvalue weighted by atomic mass is 16.5. The molecular formula is C27H26N6O3. The smallest absolute Gasteiger partial charge is 0.229 e. The number of nitrogens with one attached hydrogen (secondary N) is 1. The second kappa shape index (κ2) is 9.61. The van der Waals surface area contributed by atoms with Crippen molar-refractivity contribution >= 4 is 23.2 Å². The van der Waals surface area contributed by atoms with Crippen molar-refractivity contribution in [3.8, 4) is 17.4 Å². The van der Waals surface area contributed by atoms with Crippen LogP contribution >= 0.6 is 0 Å². The van der Waals surface area contributed by atoms with Crippen LogP contribution in [0, 0.1) is 26.7 Å². The van der Waals surface area contributed by atoms with E-state index in [1.165, 1.54) is 0 Å². The molecule has 3 heterocycles. The lowest BCUT2D eigenvalue weighted by atomic mass is 10.1. The summed E-state index contributed by atoms with van der Waals surface area (Å²) in [6.45, 7) is 6.09. The van der Waals surface area contributed by atoms with Gasteiger partial charge in [-0.25, -0.2) is 9.97 Å². The number of nitrogens with zero attached hydrogens (tertiary/aromatic N) is 5. The minimum Gasteiger partial charge on any atom is -0.439 e. The van der Waals surface area contributed by atoms with Crippen LogP contribution in [-0.2, 0) is 9.59 Å². The summed E-state index contributed by atoms with van der Waals surface area (Å²) in [7, 11) is 0. The minimum absolute atomic E-state index is 0.0503. The van der Waals surface area contributed by atoms with Gasteiger partial charge in [0.05, 0.1) is 11.6 Å². The number of amides is 2. The predicted molar refractivity (Wildman–Crippen MR) is 135 cm³/mol. The summed E-state index contributed by atoms with van der Waals surface area (Å²) in [6.07, 6.45) is 1.91. The number of aromatic nitrogens is 4. The van der Waals surface area contributed by atoms with Crippen molar-refractivity contribution in [2.75, 3.05) is 16.8 Å². The second-order valence-corrected chi connectivity index (χ2v) is 8.75. The van der Waals surface area contributed by atoms with Gasteiger partial charge in [-0.2, -0.15) is 4.98 Å². The molecule has 0 spiro atoms. The molecule has 0 aliphatic carbocycles. The zero-order valence-electron chi connectivity index (χ0n) is 20.3. The van der Waals surface area contributed by atoms with Gasteiger partial charge in [-0.3, -0.25) is 14.2 Å². The van der Waals surface area contributed by atoms with Gasteiger partial charge in [0.2, 0.25) is 17.7 Å². The first-order valence-electron chi connectivity index (χ1n) is 11.7. The molecule has 36 heavy (non-hydrogen) atoms. The van der Waals surface area contributed by atoms with Crippen LogP contribution in [0.25, 0.3) is 5.82 Å². The molecule has 1 aliphatic rings. The van der Waals surface area contributed by atoms with Gasteiger partial charge in [0.15, 0.2) is 0 Å². The van der Waals surface area contributed by atoms with E-state index in [2.05, 4.69) is 20.3 Å². The van der Waals surface area contributed by atoms with E-state index in [4.69, 9.17) is 4.74 Å². The van der Waals surface area contributed by atoms with Crippen LogP contribution in [0.3, 0.4) is 0 Å². The van der Waals surface area contributed by atoms with Gasteiger partial charge in [0.25, 0.3) is 0 Å². The Balaban J connectivity index is 1.24. The first-order chi connectivity index (χ1) is 17.4. The Hall–Kier alpha value is -4.53. The van der Waals surface area contributed by atoms with Gasteiger partial charge in [-0.1, -0.05) is 18.2 Å². The van der Waals surface area contributed by atoms with Crippen molar-refractivity contribution < 1.29 is 14.3 Å². The molecule has 9 heteroatoms. The third-order valence-corrected chi connectivity index (χ3v) is 6.21. The van der Waals surface area contributed by atoms with Gasteiger partial charge >= 0.3 is 0 Å². The topological polar surface area (TPSA) is 102 Å². The van der Waals surface area contributed by atoms with Crippen molar-refractivity contribution in [1.82, 2.24) is 19.5 Å². The Bertz CT molecular complexity index is 1420. The number of hydrogen-bond acceptors (Lipinski definition) is 6. The zero-order chi connectivity index (χ0) is 25.2. The van der Waals surface area contributed by atoms with Crippen molar-refractivity contribution in [3.05, 3.63) is 84.2 Å². The van der Waals surface area contributed by atoms with Crippen LogP contribution in [0.15, 0.2) is 67.0 Å². The zero-order valence-corrected chi connectivity index (χ0v) is 20.3. The van der Waals surface area contributed by atoms with Gasteiger partial charge in [0, 0.05) is 36.1 Å². The summed E-state index contributed by atoms with van der Waals surface area (Å²) in [5.74, 6) is 1.59. The Morgan fingerprint density at radius 2 is 1.78 bits per heavy atom. The molecule has 4 aromatic rings. The molecule has 5 rings (SSSR count). The van der Waals surface area contributed by atoms with Gasteiger partial charge < -0.3 is 15.0 Å². The molecule has 2 aromatic heterocycles. The summed E-state index contributed by atoms with van der Waals surface area (Å²) in [6, 6.07) is 18.2. The molecule has 182 valence electrons. The highest BCUT2D eigenvalue weighted by molar-refractivity contribution is 6.03. The lowest BCUT2D eigenvalue weighted by Gasteiger charge is -2.16. The van der Waals surface area contributed by atoms with Crippen molar-refractivity contribution in [3.63, 3.8) is 0 Å². The number of aryl methyl sites for hydroxylation is 2. The van der Waals surface area contributed by atoms with Crippen LogP contribution in [0.5, 0.6) is 11.6 Å². The molecule has 1 atom stereocenters. The summed E-state index contributed by atoms with van der Waals surface area (Å²) in [5.41, 5.74) is 3.36. The van der Waals surface area contributed by atoms with E-state index in [1.807, 2.05) is 48.7 Å². The summed E-state index contributed by atoms with van der Waals surface area (Å²) < 4.78 is 7.85. The molecule has 0 saturated carbocycles. The maximum Gasteiger partial charge on any atom is 0.229 e. The van der Waals surface area contributed by atoms with Crippen molar-refractivity contribution in [2.24, 2.45) is 5.92 Å². The Morgan fingerprint density at radius 3 is 2.47 bits per heavy atom. The fraction of sp³-hybridized carbons (Fsp3) is 0.222. The van der Waals surface area contributed by atoms with E-state index in [0.29, 0.717) is 35.5 Å². The number of ether oxygens (including phenoxy) is 1. The van der Waals surface area contributed by atoms with E-state index in [-0.39, 0.29) is 18.2 Å². The largest absolute Gasteiger partial charge is 0.439 e. The fourth-order valence-electron chi connectivity index (χ4n) is 4.14.